The van der Waals surface area contributed by atoms with E-state index in [0.717, 1.165) is 52.0 Å². The largest absolute Gasteiger partial charge is 0.441 e. The Balaban J connectivity index is 1.72. The average molecular weight is 455 g/mol. The molecule has 4 heterocycles. The van der Waals surface area contributed by atoms with E-state index in [1.54, 1.807) is 23.1 Å². The van der Waals surface area contributed by atoms with Crippen LogP contribution in [0.25, 0.3) is 39.4 Å². The fraction of sp³-hybridized carbons (Fsp3) is 0.231. The van der Waals surface area contributed by atoms with Gasteiger partial charge in [-0.3, -0.25) is 4.98 Å². The molecule has 0 amide bonds. The number of rotatable bonds is 7. The van der Waals surface area contributed by atoms with Crippen molar-refractivity contribution in [3.05, 3.63) is 78.1 Å². The van der Waals surface area contributed by atoms with Crippen molar-refractivity contribution in [3.63, 3.8) is 0 Å². The number of hydrogen-bond donors (Lipinski definition) is 2. The van der Waals surface area contributed by atoms with E-state index in [2.05, 4.69) is 22.0 Å². The Kier molecular flexibility index (Phi) is 5.91. The number of hydrogen-bond acceptors (Lipinski definition) is 7. The van der Waals surface area contributed by atoms with Crippen LogP contribution in [0.3, 0.4) is 0 Å². The van der Waals surface area contributed by atoms with Gasteiger partial charge in [0.15, 0.2) is 5.82 Å². The minimum Gasteiger partial charge on any atom is -0.441 e. The first-order chi connectivity index (χ1) is 16.6. The lowest BCUT2D eigenvalue weighted by Crippen LogP contribution is -2.11. The number of aryl methyl sites for hydroxylation is 1. The molecule has 0 saturated carbocycles. The number of fused-ring (bicyclic) bond motifs is 1. The minimum atomic E-state index is -0.145. The molecule has 0 spiro atoms. The molecule has 0 bridgehead atoms. The van der Waals surface area contributed by atoms with Crippen molar-refractivity contribution in [1.82, 2.24) is 24.7 Å². The van der Waals surface area contributed by atoms with E-state index >= 15 is 0 Å². The van der Waals surface area contributed by atoms with Crippen molar-refractivity contribution in [2.75, 3.05) is 0 Å². The van der Waals surface area contributed by atoms with Crippen LogP contribution in [0, 0.1) is 6.92 Å². The van der Waals surface area contributed by atoms with Crippen LogP contribution < -0.4 is 5.73 Å². The van der Waals surface area contributed by atoms with Gasteiger partial charge in [0, 0.05) is 22.6 Å². The van der Waals surface area contributed by atoms with Crippen molar-refractivity contribution in [2.24, 2.45) is 5.73 Å². The fourth-order valence-electron chi connectivity index (χ4n) is 4.06. The van der Waals surface area contributed by atoms with Gasteiger partial charge >= 0.3 is 0 Å². The van der Waals surface area contributed by atoms with Gasteiger partial charge < -0.3 is 15.3 Å². The van der Waals surface area contributed by atoms with Gasteiger partial charge in [-0.25, -0.2) is 14.6 Å². The zero-order valence-electron chi connectivity index (χ0n) is 19.1. The number of aromatic nitrogens is 5. The predicted octanol–water partition coefficient (Wildman–Crippen LogP) is 4.74. The quantitative estimate of drug-likeness (QED) is 0.365. The molecule has 0 radical (unpaired) electrons. The van der Waals surface area contributed by atoms with Gasteiger partial charge in [0.05, 0.1) is 41.6 Å². The summed E-state index contributed by atoms with van der Waals surface area (Å²) < 4.78 is 7.63. The van der Waals surface area contributed by atoms with Crippen LogP contribution in [0.1, 0.15) is 43.0 Å². The SMILES string of the molecule is CCCC(N)c1cccc(-c2cc(-c3ncc(C)o3)c3cnn(-c4cccc(CO)n4)c3c2)n1. The van der Waals surface area contributed by atoms with Gasteiger partial charge in [0.25, 0.3) is 0 Å². The molecule has 0 fully saturated rings. The molecule has 0 aliphatic heterocycles. The number of nitrogens with zero attached hydrogens (tertiary/aromatic N) is 5. The Bertz CT molecular complexity index is 1460. The van der Waals surface area contributed by atoms with E-state index in [-0.39, 0.29) is 12.6 Å². The Morgan fingerprint density at radius 3 is 2.71 bits per heavy atom. The standard InChI is InChI=1S/C26H26N6O2/c1-3-6-21(27)23-9-5-8-22(31-23)17-11-19(26-28-13-16(2)34-26)20-14-29-32(24(20)12-17)25-10-4-7-18(15-33)30-25/h4-5,7-14,21,33H,3,6,15,27H2,1-2H3. The first kappa shape index (κ1) is 21.9. The molecule has 5 aromatic rings. The molecule has 0 aliphatic rings. The lowest BCUT2D eigenvalue weighted by atomic mass is 10.0. The Hall–Kier alpha value is -3.88. The van der Waals surface area contributed by atoms with Gasteiger partial charge in [-0.2, -0.15) is 5.10 Å². The Morgan fingerprint density at radius 1 is 1.09 bits per heavy atom. The molecule has 34 heavy (non-hydrogen) atoms. The van der Waals surface area contributed by atoms with E-state index < -0.39 is 0 Å². The summed E-state index contributed by atoms with van der Waals surface area (Å²) in [7, 11) is 0. The Morgan fingerprint density at radius 2 is 1.94 bits per heavy atom. The van der Waals surface area contributed by atoms with Gasteiger partial charge in [-0.1, -0.05) is 25.5 Å². The molecule has 8 nitrogen and oxygen atoms in total. The molecule has 0 aliphatic carbocycles. The molecule has 8 heteroatoms. The zero-order valence-corrected chi connectivity index (χ0v) is 19.1. The lowest BCUT2D eigenvalue weighted by Gasteiger charge is -2.12. The highest BCUT2D eigenvalue weighted by Crippen LogP contribution is 2.34. The summed E-state index contributed by atoms with van der Waals surface area (Å²) in [4.78, 5) is 13.9. The average Bonchev–Trinajstić information content (AvgIpc) is 3.50. The summed E-state index contributed by atoms with van der Waals surface area (Å²) in [5.74, 6) is 1.85. The number of benzene rings is 1. The molecular formula is C26H26N6O2. The summed E-state index contributed by atoms with van der Waals surface area (Å²) in [5, 5.41) is 15.0. The smallest absolute Gasteiger partial charge is 0.226 e. The number of aliphatic hydroxyl groups excluding tert-OH is 1. The third-order valence-electron chi connectivity index (χ3n) is 5.76. The van der Waals surface area contributed by atoms with E-state index in [1.165, 1.54) is 0 Å². The maximum absolute atomic E-state index is 9.54. The molecule has 4 aromatic heterocycles. The molecule has 5 rings (SSSR count). The molecule has 172 valence electrons. The van der Waals surface area contributed by atoms with Gasteiger partial charge in [-0.15, -0.1) is 0 Å². The molecule has 1 aromatic carbocycles. The van der Waals surface area contributed by atoms with Crippen LogP contribution in [0.15, 0.2) is 65.3 Å². The highest BCUT2D eigenvalue weighted by atomic mass is 16.4. The minimum absolute atomic E-state index is 0.113. The number of pyridine rings is 2. The third kappa shape index (κ3) is 4.09. The van der Waals surface area contributed by atoms with Crippen molar-refractivity contribution in [2.45, 2.75) is 39.3 Å². The van der Waals surface area contributed by atoms with Crippen molar-refractivity contribution < 1.29 is 9.52 Å². The van der Waals surface area contributed by atoms with Crippen LogP contribution in [-0.4, -0.2) is 29.8 Å². The summed E-state index contributed by atoms with van der Waals surface area (Å²) in [6, 6.07) is 15.3. The summed E-state index contributed by atoms with van der Waals surface area (Å²) in [6.07, 6.45) is 5.34. The topological polar surface area (TPSA) is 116 Å². The lowest BCUT2D eigenvalue weighted by molar-refractivity contribution is 0.276. The van der Waals surface area contributed by atoms with Crippen LogP contribution in [-0.2, 0) is 6.61 Å². The van der Waals surface area contributed by atoms with E-state index in [0.29, 0.717) is 17.4 Å². The monoisotopic (exact) mass is 454 g/mol. The summed E-state index contributed by atoms with van der Waals surface area (Å²) >= 11 is 0. The second-order valence-electron chi connectivity index (χ2n) is 8.28. The number of aliphatic hydroxyl groups is 1. The van der Waals surface area contributed by atoms with Crippen molar-refractivity contribution >= 4 is 10.9 Å². The fourth-order valence-corrected chi connectivity index (χ4v) is 4.06. The molecular weight excluding hydrogens is 428 g/mol. The highest BCUT2D eigenvalue weighted by molar-refractivity contribution is 5.96. The van der Waals surface area contributed by atoms with E-state index in [1.807, 2.05) is 49.4 Å². The van der Waals surface area contributed by atoms with Gasteiger partial charge in [-0.05, 0) is 49.7 Å². The summed E-state index contributed by atoms with van der Waals surface area (Å²) in [5.41, 5.74) is 11.1. The third-order valence-corrected chi connectivity index (χ3v) is 5.76. The second-order valence-corrected chi connectivity index (χ2v) is 8.28. The normalized spacial score (nSPS) is 12.4. The number of oxazole rings is 1. The van der Waals surface area contributed by atoms with Crippen LogP contribution in [0.2, 0.25) is 0 Å². The molecule has 1 atom stereocenters. The molecule has 3 N–H and O–H groups in total. The summed E-state index contributed by atoms with van der Waals surface area (Å²) in [6.45, 7) is 3.84. The maximum atomic E-state index is 9.54. The second kappa shape index (κ2) is 9.17. The maximum Gasteiger partial charge on any atom is 0.226 e. The van der Waals surface area contributed by atoms with Crippen LogP contribution >= 0.6 is 0 Å². The Labute approximate surface area is 197 Å². The van der Waals surface area contributed by atoms with Crippen molar-refractivity contribution in [1.29, 1.82) is 0 Å². The van der Waals surface area contributed by atoms with Crippen LogP contribution in [0.4, 0.5) is 0 Å². The molecule has 1 unspecified atom stereocenters. The van der Waals surface area contributed by atoms with E-state index in [4.69, 9.17) is 15.1 Å². The first-order valence-corrected chi connectivity index (χ1v) is 11.3. The van der Waals surface area contributed by atoms with Gasteiger partial charge in [0.2, 0.25) is 5.89 Å². The van der Waals surface area contributed by atoms with Crippen molar-refractivity contribution in [3.8, 4) is 28.5 Å². The number of nitrogens with two attached hydrogens (primary N) is 1. The van der Waals surface area contributed by atoms with E-state index in [9.17, 15) is 5.11 Å². The molecule has 0 saturated heterocycles. The predicted molar refractivity (Wildman–Crippen MR) is 130 cm³/mol. The first-order valence-electron chi connectivity index (χ1n) is 11.3. The zero-order chi connectivity index (χ0) is 23.7. The highest BCUT2D eigenvalue weighted by Gasteiger charge is 2.18. The van der Waals surface area contributed by atoms with Crippen LogP contribution in [0.5, 0.6) is 0 Å². The van der Waals surface area contributed by atoms with Gasteiger partial charge in [0.1, 0.15) is 5.76 Å².